The fraction of sp³-hybridized carbons (Fsp3) is 0.462. The van der Waals surface area contributed by atoms with Crippen LogP contribution in [0.25, 0.3) is 0 Å². The number of nitrogens with two attached hydrogens (primary N) is 1. The van der Waals surface area contributed by atoms with Crippen molar-refractivity contribution in [3.63, 3.8) is 0 Å². The van der Waals surface area contributed by atoms with E-state index in [1.165, 1.54) is 12.1 Å². The summed E-state index contributed by atoms with van der Waals surface area (Å²) in [7, 11) is 1.07. The lowest BCUT2D eigenvalue weighted by atomic mass is 9.76. The summed E-state index contributed by atoms with van der Waals surface area (Å²) in [5.41, 5.74) is 4.10. The van der Waals surface area contributed by atoms with Gasteiger partial charge in [0, 0.05) is 13.0 Å². The van der Waals surface area contributed by atoms with Gasteiger partial charge in [0.05, 0.1) is 7.11 Å². The van der Waals surface area contributed by atoms with Crippen LogP contribution in [-0.4, -0.2) is 25.8 Å². The van der Waals surface area contributed by atoms with Gasteiger partial charge in [-0.15, -0.1) is 0 Å². The van der Waals surface area contributed by atoms with Crippen LogP contribution in [0, 0.1) is 5.82 Å². The molecule has 3 nitrogen and oxygen atoms in total. The smallest absolute Gasteiger partial charge is 0.389 e. The molecular formula is C13H15F4NO2. The van der Waals surface area contributed by atoms with E-state index in [9.17, 15) is 22.4 Å². The minimum atomic E-state index is -4.42. The summed E-state index contributed by atoms with van der Waals surface area (Å²) in [6.07, 6.45) is -6.16. The summed E-state index contributed by atoms with van der Waals surface area (Å²) in [6, 6.07) is 4.62. The zero-order valence-electron chi connectivity index (χ0n) is 10.8. The summed E-state index contributed by atoms with van der Waals surface area (Å²) in [5.74, 6) is -1.42. The van der Waals surface area contributed by atoms with Crippen molar-refractivity contribution < 1.29 is 27.1 Å². The Balaban J connectivity index is 3.17. The van der Waals surface area contributed by atoms with Gasteiger partial charge in [-0.3, -0.25) is 4.79 Å². The molecule has 0 aliphatic rings. The van der Waals surface area contributed by atoms with Gasteiger partial charge >= 0.3 is 12.1 Å². The lowest BCUT2D eigenvalue weighted by Crippen LogP contribution is -2.44. The average molecular weight is 293 g/mol. The number of ether oxygens (including phenoxy) is 1. The van der Waals surface area contributed by atoms with Crippen molar-refractivity contribution in [3.05, 3.63) is 35.6 Å². The van der Waals surface area contributed by atoms with Crippen molar-refractivity contribution >= 4 is 5.97 Å². The third-order valence-corrected chi connectivity index (χ3v) is 3.16. The lowest BCUT2D eigenvalue weighted by Gasteiger charge is -2.30. The molecule has 2 N–H and O–H groups in total. The third kappa shape index (κ3) is 3.69. The first-order chi connectivity index (χ1) is 9.25. The maximum absolute atomic E-state index is 12.9. The topological polar surface area (TPSA) is 52.3 Å². The average Bonchev–Trinajstić information content (AvgIpc) is 2.40. The Morgan fingerprint density at radius 1 is 1.20 bits per heavy atom. The molecule has 0 radical (unpaired) electrons. The van der Waals surface area contributed by atoms with Gasteiger partial charge in [-0.05, 0) is 24.1 Å². The highest BCUT2D eigenvalue weighted by atomic mass is 19.4. The number of alkyl halides is 3. The van der Waals surface area contributed by atoms with Gasteiger partial charge in [-0.1, -0.05) is 12.1 Å². The van der Waals surface area contributed by atoms with Crippen LogP contribution in [0.2, 0.25) is 0 Å². The third-order valence-electron chi connectivity index (χ3n) is 3.16. The fourth-order valence-electron chi connectivity index (χ4n) is 1.99. The van der Waals surface area contributed by atoms with E-state index in [1.54, 1.807) is 0 Å². The molecule has 0 amide bonds. The summed E-state index contributed by atoms with van der Waals surface area (Å²) in [4.78, 5) is 11.9. The summed E-state index contributed by atoms with van der Waals surface area (Å²) >= 11 is 0. The number of carbonyl (C=O) groups is 1. The van der Waals surface area contributed by atoms with Crippen LogP contribution in [0.5, 0.6) is 0 Å². The van der Waals surface area contributed by atoms with Crippen molar-refractivity contribution in [2.45, 2.75) is 24.4 Å². The Bertz CT molecular complexity index is 458. The SMILES string of the molecule is COC(=O)C(CN)(CCC(F)(F)F)c1ccc(F)cc1. The molecule has 1 rings (SSSR count). The molecule has 7 heteroatoms. The minimum Gasteiger partial charge on any atom is -0.468 e. The molecule has 0 saturated heterocycles. The molecule has 20 heavy (non-hydrogen) atoms. The molecule has 112 valence electrons. The lowest BCUT2D eigenvalue weighted by molar-refractivity contribution is -0.154. The maximum atomic E-state index is 12.9. The van der Waals surface area contributed by atoms with Crippen LogP contribution in [0.3, 0.4) is 0 Å². The van der Waals surface area contributed by atoms with Gasteiger partial charge in [0.2, 0.25) is 0 Å². The zero-order chi connectivity index (χ0) is 15.4. The molecule has 0 spiro atoms. The van der Waals surface area contributed by atoms with E-state index >= 15 is 0 Å². The minimum absolute atomic E-state index is 0.206. The Kier molecular flexibility index (Phi) is 5.10. The van der Waals surface area contributed by atoms with Gasteiger partial charge < -0.3 is 10.5 Å². The number of rotatable bonds is 5. The van der Waals surface area contributed by atoms with Crippen LogP contribution in [0.1, 0.15) is 18.4 Å². The number of halogens is 4. The van der Waals surface area contributed by atoms with E-state index in [4.69, 9.17) is 5.73 Å². The van der Waals surface area contributed by atoms with Crippen LogP contribution in [0.4, 0.5) is 17.6 Å². The fourth-order valence-corrected chi connectivity index (χ4v) is 1.99. The Morgan fingerprint density at radius 2 is 1.75 bits per heavy atom. The molecule has 0 bridgehead atoms. The van der Waals surface area contributed by atoms with Gasteiger partial charge in [-0.2, -0.15) is 13.2 Å². The monoisotopic (exact) mass is 293 g/mol. The van der Waals surface area contributed by atoms with Crippen molar-refractivity contribution in [1.29, 1.82) is 0 Å². The van der Waals surface area contributed by atoms with Gasteiger partial charge in [-0.25, -0.2) is 4.39 Å². The van der Waals surface area contributed by atoms with Gasteiger partial charge in [0.25, 0.3) is 0 Å². The molecule has 0 fully saturated rings. The highest BCUT2D eigenvalue weighted by molar-refractivity contribution is 5.83. The largest absolute Gasteiger partial charge is 0.468 e. The second-order valence-electron chi connectivity index (χ2n) is 4.40. The predicted octanol–water partition coefficient (Wildman–Crippen LogP) is 2.54. The number of esters is 1. The number of carbonyl (C=O) groups excluding carboxylic acids is 1. The number of hydrogen-bond donors (Lipinski definition) is 1. The molecule has 0 heterocycles. The van der Waals surface area contributed by atoms with E-state index in [2.05, 4.69) is 4.74 Å². The van der Waals surface area contributed by atoms with E-state index in [0.717, 1.165) is 19.2 Å². The van der Waals surface area contributed by atoms with E-state index in [-0.39, 0.29) is 12.1 Å². The van der Waals surface area contributed by atoms with Crippen LogP contribution >= 0.6 is 0 Å². The molecule has 0 saturated carbocycles. The molecule has 1 unspecified atom stereocenters. The van der Waals surface area contributed by atoms with Crippen molar-refractivity contribution in [1.82, 2.24) is 0 Å². The second kappa shape index (κ2) is 6.21. The quantitative estimate of drug-likeness (QED) is 0.670. The molecule has 0 aliphatic heterocycles. The summed E-state index contributed by atoms with van der Waals surface area (Å²) in [5, 5.41) is 0. The Morgan fingerprint density at radius 3 is 2.15 bits per heavy atom. The maximum Gasteiger partial charge on any atom is 0.389 e. The molecule has 1 atom stereocenters. The van der Waals surface area contributed by atoms with Gasteiger partial charge in [0.1, 0.15) is 11.2 Å². The number of methoxy groups -OCH3 is 1. The van der Waals surface area contributed by atoms with Crippen molar-refractivity contribution in [2.75, 3.05) is 13.7 Å². The molecule has 1 aromatic carbocycles. The van der Waals surface area contributed by atoms with Gasteiger partial charge in [0.15, 0.2) is 0 Å². The Hall–Kier alpha value is -1.63. The van der Waals surface area contributed by atoms with E-state index in [0.29, 0.717) is 0 Å². The van der Waals surface area contributed by atoms with E-state index in [1.807, 2.05) is 0 Å². The van der Waals surface area contributed by atoms with Crippen LogP contribution in [0.15, 0.2) is 24.3 Å². The molecule has 0 aromatic heterocycles. The summed E-state index contributed by atoms with van der Waals surface area (Å²) in [6.45, 7) is -0.360. The molecule has 0 aliphatic carbocycles. The first-order valence-electron chi connectivity index (χ1n) is 5.86. The Labute approximate surface area is 113 Å². The summed E-state index contributed by atoms with van der Waals surface area (Å²) < 4.78 is 54.7. The highest BCUT2D eigenvalue weighted by Gasteiger charge is 2.43. The number of hydrogen-bond acceptors (Lipinski definition) is 3. The predicted molar refractivity (Wildman–Crippen MR) is 64.4 cm³/mol. The van der Waals surface area contributed by atoms with E-state index < -0.39 is 36.2 Å². The number of benzene rings is 1. The zero-order valence-corrected chi connectivity index (χ0v) is 10.8. The second-order valence-corrected chi connectivity index (χ2v) is 4.40. The van der Waals surface area contributed by atoms with Crippen molar-refractivity contribution in [3.8, 4) is 0 Å². The van der Waals surface area contributed by atoms with Crippen LogP contribution < -0.4 is 5.73 Å². The highest BCUT2D eigenvalue weighted by Crippen LogP contribution is 2.34. The first kappa shape index (κ1) is 16.4. The molecular weight excluding hydrogens is 278 g/mol. The first-order valence-corrected chi connectivity index (χ1v) is 5.86. The normalized spacial score (nSPS) is 14.7. The standard InChI is InChI=1S/C13H15F4NO2/c1-20-11(19)12(8-18,6-7-13(15,16)17)9-2-4-10(14)5-3-9/h2-5H,6-8,18H2,1H3. The molecule has 1 aromatic rings. The van der Waals surface area contributed by atoms with Crippen molar-refractivity contribution in [2.24, 2.45) is 5.73 Å². The van der Waals surface area contributed by atoms with Crippen LogP contribution in [-0.2, 0) is 14.9 Å².